The molecule has 0 aliphatic heterocycles. The smallest absolute Gasteiger partial charge is 0.240 e. The molecule has 0 aliphatic carbocycles. The maximum atomic E-state index is 12.4. The third-order valence-corrected chi connectivity index (χ3v) is 5.77. The molecule has 0 fully saturated rings. The molecule has 0 bridgehead atoms. The molecule has 114 valence electrons. The number of nitrogen functional groups attached to an aromatic ring is 1. The molecule has 1 atom stereocenters. The second-order valence-electron chi connectivity index (χ2n) is 5.31. The van der Waals surface area contributed by atoms with Crippen LogP contribution in [-0.4, -0.2) is 14.5 Å². The molecule has 0 aliphatic rings. The Morgan fingerprint density at radius 1 is 1.33 bits per heavy atom. The van der Waals surface area contributed by atoms with Crippen LogP contribution in [0.4, 0.5) is 5.69 Å². The zero-order valence-corrected chi connectivity index (χ0v) is 14.0. The van der Waals surface area contributed by atoms with Gasteiger partial charge in [-0.15, -0.1) is 0 Å². The molecular weight excluding hydrogens is 304 g/mol. The number of benzene rings is 1. The minimum Gasteiger partial charge on any atom is -0.398 e. The van der Waals surface area contributed by atoms with Crippen LogP contribution in [0.2, 0.25) is 0 Å². The van der Waals surface area contributed by atoms with Crippen molar-refractivity contribution in [1.29, 1.82) is 0 Å². The Morgan fingerprint density at radius 2 is 2.05 bits per heavy atom. The third kappa shape index (κ3) is 3.84. The summed E-state index contributed by atoms with van der Waals surface area (Å²) in [6, 6.07) is 5.00. The molecule has 0 amide bonds. The van der Waals surface area contributed by atoms with E-state index in [1.165, 1.54) is 6.07 Å². The molecule has 2 aromatic rings. The van der Waals surface area contributed by atoms with E-state index in [1.54, 1.807) is 17.4 Å². The Bertz CT molecular complexity index is 699. The minimum atomic E-state index is -3.55. The summed E-state index contributed by atoms with van der Waals surface area (Å²) < 4.78 is 27.6. The van der Waals surface area contributed by atoms with E-state index in [2.05, 4.69) is 4.72 Å². The summed E-state index contributed by atoms with van der Waals surface area (Å²) in [5, 5.41) is 4.01. The first-order chi connectivity index (χ1) is 9.79. The van der Waals surface area contributed by atoms with E-state index in [4.69, 9.17) is 5.73 Å². The van der Waals surface area contributed by atoms with Gasteiger partial charge in [0.25, 0.3) is 0 Å². The first-order valence-corrected chi connectivity index (χ1v) is 9.12. The highest BCUT2D eigenvalue weighted by Crippen LogP contribution is 2.22. The Kier molecular flexibility index (Phi) is 4.70. The summed E-state index contributed by atoms with van der Waals surface area (Å²) in [7, 11) is -3.55. The van der Waals surface area contributed by atoms with Crippen LogP contribution < -0.4 is 10.5 Å². The second-order valence-corrected chi connectivity index (χ2v) is 7.81. The molecular formula is C15H20N2O2S2. The van der Waals surface area contributed by atoms with Gasteiger partial charge in [0.15, 0.2) is 0 Å². The van der Waals surface area contributed by atoms with E-state index in [1.807, 2.05) is 37.6 Å². The first-order valence-electron chi connectivity index (χ1n) is 6.69. The van der Waals surface area contributed by atoms with E-state index in [0.717, 1.165) is 16.7 Å². The molecule has 3 N–H and O–H groups in total. The lowest BCUT2D eigenvalue weighted by molar-refractivity contribution is 0.560. The normalized spacial score (nSPS) is 13.3. The SMILES string of the molecule is Cc1cc(S(=O)(=O)NC(C)Cc2ccsc2)cc(N)c1C. The standard InChI is InChI=1S/C15H20N2O2S2/c1-10-6-14(8-15(16)12(10)3)21(18,19)17-11(2)7-13-4-5-20-9-13/h4-6,8-9,11,17H,7,16H2,1-3H3. The van der Waals surface area contributed by atoms with Crippen molar-refractivity contribution >= 4 is 27.0 Å². The predicted octanol–water partition coefficient (Wildman–Crippen LogP) is 2.86. The van der Waals surface area contributed by atoms with Gasteiger partial charge in [0.2, 0.25) is 10.0 Å². The molecule has 1 unspecified atom stereocenters. The zero-order valence-electron chi connectivity index (χ0n) is 12.4. The largest absolute Gasteiger partial charge is 0.398 e. The molecule has 0 saturated carbocycles. The number of hydrogen-bond acceptors (Lipinski definition) is 4. The maximum Gasteiger partial charge on any atom is 0.240 e. The molecule has 0 saturated heterocycles. The summed E-state index contributed by atoms with van der Waals surface area (Å²) in [5.41, 5.74) is 9.30. The quantitative estimate of drug-likeness (QED) is 0.831. The van der Waals surface area contributed by atoms with Crippen molar-refractivity contribution in [2.45, 2.75) is 38.1 Å². The van der Waals surface area contributed by atoms with E-state index < -0.39 is 10.0 Å². The van der Waals surface area contributed by atoms with Gasteiger partial charge in [-0.25, -0.2) is 13.1 Å². The lowest BCUT2D eigenvalue weighted by Crippen LogP contribution is -2.34. The van der Waals surface area contributed by atoms with Gasteiger partial charge in [-0.1, -0.05) is 0 Å². The summed E-state index contributed by atoms with van der Waals surface area (Å²) in [4.78, 5) is 0.222. The van der Waals surface area contributed by atoms with Crippen LogP contribution in [-0.2, 0) is 16.4 Å². The van der Waals surface area contributed by atoms with Crippen LogP contribution in [0.1, 0.15) is 23.6 Å². The average molecular weight is 324 g/mol. The molecule has 21 heavy (non-hydrogen) atoms. The number of nitrogens with two attached hydrogens (primary N) is 1. The average Bonchev–Trinajstić information content (AvgIpc) is 2.87. The van der Waals surface area contributed by atoms with Crippen molar-refractivity contribution in [3.63, 3.8) is 0 Å². The Balaban J connectivity index is 2.18. The van der Waals surface area contributed by atoms with E-state index >= 15 is 0 Å². The highest BCUT2D eigenvalue weighted by Gasteiger charge is 2.19. The molecule has 2 rings (SSSR count). The van der Waals surface area contributed by atoms with Gasteiger partial charge in [0.1, 0.15) is 0 Å². The second kappa shape index (κ2) is 6.17. The van der Waals surface area contributed by atoms with E-state index in [0.29, 0.717) is 12.1 Å². The molecule has 4 nitrogen and oxygen atoms in total. The van der Waals surface area contributed by atoms with E-state index in [9.17, 15) is 8.42 Å². The topological polar surface area (TPSA) is 72.2 Å². The molecule has 1 heterocycles. The lowest BCUT2D eigenvalue weighted by atomic mass is 10.1. The predicted molar refractivity (Wildman–Crippen MR) is 88.1 cm³/mol. The zero-order chi connectivity index (χ0) is 15.6. The Labute approximate surface area is 130 Å². The Morgan fingerprint density at radius 3 is 2.62 bits per heavy atom. The summed E-state index contributed by atoms with van der Waals surface area (Å²) in [6.07, 6.45) is 0.670. The maximum absolute atomic E-state index is 12.4. The van der Waals surface area contributed by atoms with Crippen molar-refractivity contribution in [1.82, 2.24) is 4.72 Å². The van der Waals surface area contributed by atoms with Crippen molar-refractivity contribution in [2.24, 2.45) is 0 Å². The van der Waals surface area contributed by atoms with Crippen molar-refractivity contribution in [2.75, 3.05) is 5.73 Å². The van der Waals surface area contributed by atoms with Crippen LogP contribution in [0.5, 0.6) is 0 Å². The molecule has 0 radical (unpaired) electrons. The van der Waals surface area contributed by atoms with Crippen LogP contribution >= 0.6 is 11.3 Å². The van der Waals surface area contributed by atoms with Crippen LogP contribution in [0, 0.1) is 13.8 Å². The monoisotopic (exact) mass is 324 g/mol. The van der Waals surface area contributed by atoms with Crippen LogP contribution in [0.25, 0.3) is 0 Å². The Hall–Kier alpha value is -1.37. The summed E-state index contributed by atoms with van der Waals surface area (Å²) in [5.74, 6) is 0. The fourth-order valence-corrected chi connectivity index (χ4v) is 4.19. The van der Waals surface area contributed by atoms with Gasteiger partial charge in [-0.2, -0.15) is 11.3 Å². The fourth-order valence-electron chi connectivity index (χ4n) is 2.14. The number of thiophene rings is 1. The van der Waals surface area contributed by atoms with Crippen molar-refractivity contribution in [3.8, 4) is 0 Å². The van der Waals surface area contributed by atoms with Gasteiger partial charge in [-0.05, 0) is 72.8 Å². The summed E-state index contributed by atoms with van der Waals surface area (Å²) in [6.45, 7) is 5.60. The van der Waals surface area contributed by atoms with Gasteiger partial charge < -0.3 is 5.73 Å². The van der Waals surface area contributed by atoms with Crippen LogP contribution in [0.15, 0.2) is 33.9 Å². The molecule has 1 aromatic carbocycles. The molecule has 0 spiro atoms. The van der Waals surface area contributed by atoms with Crippen LogP contribution in [0.3, 0.4) is 0 Å². The van der Waals surface area contributed by atoms with Gasteiger partial charge >= 0.3 is 0 Å². The highest BCUT2D eigenvalue weighted by molar-refractivity contribution is 7.89. The summed E-state index contributed by atoms with van der Waals surface area (Å²) >= 11 is 1.61. The van der Waals surface area contributed by atoms with Gasteiger partial charge in [0, 0.05) is 11.7 Å². The third-order valence-electron chi connectivity index (χ3n) is 3.47. The van der Waals surface area contributed by atoms with Gasteiger partial charge in [0.05, 0.1) is 4.90 Å². The number of sulfonamides is 1. The minimum absolute atomic E-state index is 0.174. The number of nitrogens with one attached hydrogen (secondary N) is 1. The fraction of sp³-hybridized carbons (Fsp3) is 0.333. The van der Waals surface area contributed by atoms with Crippen molar-refractivity contribution < 1.29 is 8.42 Å². The molecule has 6 heteroatoms. The number of aryl methyl sites for hydroxylation is 1. The van der Waals surface area contributed by atoms with Crippen molar-refractivity contribution in [3.05, 3.63) is 45.6 Å². The van der Waals surface area contributed by atoms with E-state index in [-0.39, 0.29) is 10.9 Å². The highest BCUT2D eigenvalue weighted by atomic mass is 32.2. The number of anilines is 1. The van der Waals surface area contributed by atoms with Gasteiger partial charge in [-0.3, -0.25) is 0 Å². The number of hydrogen-bond donors (Lipinski definition) is 2. The molecule has 1 aromatic heterocycles. The first kappa shape index (κ1) is 16.0. The number of rotatable bonds is 5. The lowest BCUT2D eigenvalue weighted by Gasteiger charge is -2.15.